The molecule has 0 aromatic heterocycles. The molecule has 0 saturated carbocycles. The second-order valence-corrected chi connectivity index (χ2v) is 8.45. The van der Waals surface area contributed by atoms with Gasteiger partial charge in [-0.1, -0.05) is 19.6 Å². The van der Waals surface area contributed by atoms with Gasteiger partial charge in [-0.25, -0.2) is 0 Å². The number of rotatable bonds is 1. The van der Waals surface area contributed by atoms with Crippen LogP contribution in [0.4, 0.5) is 0 Å². The summed E-state index contributed by atoms with van der Waals surface area (Å²) in [5, 5.41) is 18.0. The SMILES string of the molecule is CC(=C(O)O)[Si](C)(C)C. The van der Waals surface area contributed by atoms with Gasteiger partial charge >= 0.3 is 0 Å². The van der Waals surface area contributed by atoms with E-state index in [0.29, 0.717) is 0 Å². The Morgan fingerprint density at radius 2 is 1.44 bits per heavy atom. The lowest BCUT2D eigenvalue weighted by Crippen LogP contribution is -2.23. The van der Waals surface area contributed by atoms with Crippen LogP contribution < -0.4 is 0 Å². The highest BCUT2D eigenvalue weighted by Crippen LogP contribution is 2.14. The van der Waals surface area contributed by atoms with Crippen molar-refractivity contribution in [1.82, 2.24) is 0 Å². The molecule has 9 heavy (non-hydrogen) atoms. The smallest absolute Gasteiger partial charge is 0.268 e. The van der Waals surface area contributed by atoms with E-state index < -0.39 is 14.0 Å². The number of aliphatic hydroxyl groups is 2. The van der Waals surface area contributed by atoms with Gasteiger partial charge in [-0.2, -0.15) is 0 Å². The maximum atomic E-state index is 8.63. The molecule has 0 aliphatic carbocycles. The highest BCUT2D eigenvalue weighted by atomic mass is 28.3. The summed E-state index contributed by atoms with van der Waals surface area (Å²) in [4.78, 5) is 0. The monoisotopic (exact) mass is 146 g/mol. The molecule has 0 aliphatic rings. The van der Waals surface area contributed by atoms with Crippen molar-refractivity contribution in [2.24, 2.45) is 0 Å². The van der Waals surface area contributed by atoms with E-state index in [2.05, 4.69) is 19.6 Å². The van der Waals surface area contributed by atoms with Crippen LogP contribution in [0.5, 0.6) is 0 Å². The highest BCUT2D eigenvalue weighted by molar-refractivity contribution is 6.82. The van der Waals surface area contributed by atoms with Gasteiger partial charge in [-0.3, -0.25) is 0 Å². The Kier molecular flexibility index (Phi) is 2.31. The van der Waals surface area contributed by atoms with Gasteiger partial charge in [0.05, 0.1) is 8.07 Å². The van der Waals surface area contributed by atoms with E-state index in [0.717, 1.165) is 5.20 Å². The van der Waals surface area contributed by atoms with Gasteiger partial charge in [0.25, 0.3) is 5.95 Å². The summed E-state index contributed by atoms with van der Waals surface area (Å²) in [5.74, 6) is -0.492. The predicted octanol–water partition coefficient (Wildman–Crippen LogP) is 2.21. The van der Waals surface area contributed by atoms with Crippen molar-refractivity contribution in [2.45, 2.75) is 26.6 Å². The lowest BCUT2D eigenvalue weighted by Gasteiger charge is -2.15. The molecule has 0 aliphatic heterocycles. The Morgan fingerprint density at radius 3 is 1.44 bits per heavy atom. The molecule has 54 valence electrons. The van der Waals surface area contributed by atoms with Crippen molar-refractivity contribution in [3.63, 3.8) is 0 Å². The van der Waals surface area contributed by atoms with Crippen molar-refractivity contribution in [1.29, 1.82) is 0 Å². The molecule has 0 spiro atoms. The molecule has 0 unspecified atom stereocenters. The van der Waals surface area contributed by atoms with Crippen molar-refractivity contribution >= 4 is 8.07 Å². The van der Waals surface area contributed by atoms with E-state index in [1.807, 2.05) is 0 Å². The zero-order valence-electron chi connectivity index (χ0n) is 6.39. The first kappa shape index (κ1) is 8.56. The second-order valence-electron chi connectivity index (χ2n) is 3.20. The van der Waals surface area contributed by atoms with Crippen LogP contribution in [0.3, 0.4) is 0 Å². The van der Waals surface area contributed by atoms with Gasteiger partial charge in [-0.05, 0) is 12.1 Å². The molecule has 0 saturated heterocycles. The van der Waals surface area contributed by atoms with Crippen LogP contribution in [0, 0.1) is 0 Å². The molecule has 2 N–H and O–H groups in total. The fourth-order valence-corrected chi connectivity index (χ4v) is 1.01. The Labute approximate surface area is 56.8 Å². The third-order valence-electron chi connectivity index (χ3n) is 1.46. The van der Waals surface area contributed by atoms with Crippen LogP contribution in [-0.2, 0) is 0 Å². The largest absolute Gasteiger partial charge is 0.481 e. The topological polar surface area (TPSA) is 40.5 Å². The van der Waals surface area contributed by atoms with E-state index >= 15 is 0 Å². The van der Waals surface area contributed by atoms with Gasteiger partial charge in [0.2, 0.25) is 0 Å². The molecule has 0 heterocycles. The van der Waals surface area contributed by atoms with Gasteiger partial charge < -0.3 is 10.2 Å². The predicted molar refractivity (Wildman–Crippen MR) is 41.3 cm³/mol. The molecular weight excluding hydrogens is 132 g/mol. The molecule has 0 fully saturated rings. The standard InChI is InChI=1S/C6H14O2Si/c1-5(6(7)8)9(2,3)4/h7-8H,1-4H3. The minimum Gasteiger partial charge on any atom is -0.481 e. The quantitative estimate of drug-likeness (QED) is 0.440. The summed E-state index contributed by atoms with van der Waals surface area (Å²) in [6.07, 6.45) is 0. The van der Waals surface area contributed by atoms with Crippen molar-refractivity contribution in [3.8, 4) is 0 Å². The number of aliphatic hydroxyl groups excluding tert-OH is 1. The normalized spacial score (nSPS) is 11.1. The van der Waals surface area contributed by atoms with Crippen LogP contribution in [-0.4, -0.2) is 18.3 Å². The highest BCUT2D eigenvalue weighted by Gasteiger charge is 2.19. The van der Waals surface area contributed by atoms with Crippen LogP contribution in [0.25, 0.3) is 0 Å². The first-order valence-electron chi connectivity index (χ1n) is 2.95. The van der Waals surface area contributed by atoms with Crippen molar-refractivity contribution in [3.05, 3.63) is 11.1 Å². The Balaban J connectivity index is 4.40. The number of hydrogen-bond acceptors (Lipinski definition) is 2. The number of hydrogen-bond donors (Lipinski definition) is 2. The molecule has 3 heteroatoms. The fourth-order valence-electron chi connectivity index (χ4n) is 0.335. The van der Waals surface area contributed by atoms with Crippen LogP contribution >= 0.6 is 0 Å². The Hall–Kier alpha value is -0.443. The Morgan fingerprint density at radius 1 is 1.11 bits per heavy atom. The third kappa shape index (κ3) is 2.55. The van der Waals surface area contributed by atoms with Crippen LogP contribution in [0.15, 0.2) is 11.1 Å². The van der Waals surface area contributed by atoms with Gasteiger partial charge in [0.15, 0.2) is 0 Å². The zero-order chi connectivity index (χ0) is 7.65. The first-order chi connectivity index (χ1) is 3.85. The fraction of sp³-hybridized carbons (Fsp3) is 0.667. The van der Waals surface area contributed by atoms with Crippen LogP contribution in [0.1, 0.15) is 6.92 Å². The molecule has 0 atom stereocenters. The maximum absolute atomic E-state index is 8.63. The number of allylic oxidation sites excluding steroid dienone is 1. The van der Waals surface area contributed by atoms with E-state index in [1.165, 1.54) is 0 Å². The van der Waals surface area contributed by atoms with E-state index in [9.17, 15) is 0 Å². The van der Waals surface area contributed by atoms with Crippen LogP contribution in [0.2, 0.25) is 19.6 Å². The molecule has 0 aromatic rings. The molecule has 0 radical (unpaired) electrons. The molecule has 0 aromatic carbocycles. The lowest BCUT2D eigenvalue weighted by molar-refractivity contribution is 0.188. The summed E-state index contributed by atoms with van der Waals surface area (Å²) in [7, 11) is -1.44. The van der Waals surface area contributed by atoms with E-state index in [-0.39, 0.29) is 0 Å². The van der Waals surface area contributed by atoms with Gasteiger partial charge in [0.1, 0.15) is 0 Å². The van der Waals surface area contributed by atoms with Gasteiger partial charge in [0, 0.05) is 0 Å². The summed E-state index contributed by atoms with van der Waals surface area (Å²) in [6, 6.07) is 0. The first-order valence-corrected chi connectivity index (χ1v) is 6.45. The zero-order valence-corrected chi connectivity index (χ0v) is 7.39. The second kappa shape index (κ2) is 2.43. The van der Waals surface area contributed by atoms with E-state index in [1.54, 1.807) is 6.92 Å². The van der Waals surface area contributed by atoms with E-state index in [4.69, 9.17) is 10.2 Å². The summed E-state index contributed by atoms with van der Waals surface area (Å²) in [6.45, 7) is 7.96. The summed E-state index contributed by atoms with van der Waals surface area (Å²) in [5.41, 5.74) is 0. The Bertz CT molecular complexity index is 128. The third-order valence-corrected chi connectivity index (χ3v) is 3.93. The minimum atomic E-state index is -1.44. The molecule has 0 rings (SSSR count). The van der Waals surface area contributed by atoms with Crippen molar-refractivity contribution in [2.75, 3.05) is 0 Å². The summed E-state index contributed by atoms with van der Waals surface area (Å²) >= 11 is 0. The molecule has 0 bridgehead atoms. The van der Waals surface area contributed by atoms with Gasteiger partial charge in [-0.15, -0.1) is 0 Å². The average molecular weight is 146 g/mol. The molecular formula is C6H14O2Si. The minimum absolute atomic E-state index is 0.492. The lowest BCUT2D eigenvalue weighted by atomic mass is 10.7. The molecule has 0 amide bonds. The summed E-state index contributed by atoms with van der Waals surface area (Å²) < 4.78 is 0. The van der Waals surface area contributed by atoms with Crippen molar-refractivity contribution < 1.29 is 10.2 Å². The average Bonchev–Trinajstić information content (AvgIpc) is 1.62. The maximum Gasteiger partial charge on any atom is 0.268 e. The molecule has 2 nitrogen and oxygen atoms in total.